The molecule has 0 radical (unpaired) electrons. The molecule has 0 spiro atoms. The number of aliphatic imine (C=N–C) groups is 1. The summed E-state index contributed by atoms with van der Waals surface area (Å²) in [7, 11) is 3.27. The van der Waals surface area contributed by atoms with Crippen LogP contribution in [0.4, 0.5) is 0 Å². The van der Waals surface area contributed by atoms with Gasteiger partial charge < -0.3 is 80.4 Å². The van der Waals surface area contributed by atoms with Crippen LogP contribution >= 0.6 is 43.2 Å². The lowest BCUT2D eigenvalue weighted by Gasteiger charge is -2.27. The Balaban J connectivity index is 2.20. The average Bonchev–Trinajstić information content (AvgIpc) is 3.30. The van der Waals surface area contributed by atoms with Gasteiger partial charge in [0.25, 0.3) is 0 Å². The number of rotatable bonds is 13. The SMILES string of the molecule is C[C@H](N)C(=O)N[C@H]1CSSC[C@@H](C(=O)O)NC(=O)[C@H](Cc2ccccc2)NC(=O)[C@@H]2CSSC[C@H](NC(=O)[C@H](CC(=O)O)NC1=O)C(=O)N[C@@H](CCCN=C(N)N)C(=O)NCC(=O)N[C@@H](CC(=O)O)C(=O)N2. The smallest absolute Gasteiger partial charge is 0.327 e. The molecule has 1 aromatic carbocycles. The molecule has 32 heteroatoms. The molecule has 2 heterocycles. The van der Waals surface area contributed by atoms with Gasteiger partial charge in [-0.15, -0.1) is 0 Å². The summed E-state index contributed by atoms with van der Waals surface area (Å²) in [5.74, 6) is -16.0. The third-order valence-corrected chi connectivity index (χ3v) is 14.8. The number of hydrogen-bond acceptors (Lipinski definition) is 18. The fourth-order valence-corrected chi connectivity index (χ4v) is 10.9. The summed E-state index contributed by atoms with van der Waals surface area (Å²) in [6, 6.07) is -6.22. The van der Waals surface area contributed by atoms with Crippen LogP contribution in [0.3, 0.4) is 0 Å². The minimum Gasteiger partial charge on any atom is -0.481 e. The Kier molecular flexibility index (Phi) is 25.2. The molecule has 3 rings (SSSR count). The lowest BCUT2D eigenvalue weighted by atomic mass is 10.0. The number of benzene rings is 1. The number of fused-ring (bicyclic) bond motifs is 5. The number of carboxylic acid groups (broad SMARTS) is 3. The van der Waals surface area contributed by atoms with Crippen LogP contribution in [-0.4, -0.2) is 183 Å². The van der Waals surface area contributed by atoms with Crippen molar-refractivity contribution in [1.82, 2.24) is 47.9 Å². The van der Waals surface area contributed by atoms with Crippen molar-refractivity contribution in [2.75, 3.05) is 36.1 Å². The molecule has 2 aliphatic rings. The van der Waals surface area contributed by atoms with Gasteiger partial charge in [-0.1, -0.05) is 73.5 Å². The predicted molar refractivity (Wildman–Crippen MR) is 264 cm³/mol. The molecule has 72 heavy (non-hydrogen) atoms. The number of nitrogens with one attached hydrogen (secondary N) is 9. The van der Waals surface area contributed by atoms with E-state index in [2.05, 4.69) is 52.8 Å². The normalized spacial score (nSPS) is 25.4. The van der Waals surface area contributed by atoms with Crippen LogP contribution in [0, 0.1) is 0 Å². The van der Waals surface area contributed by atoms with E-state index in [-0.39, 0.29) is 43.3 Å². The van der Waals surface area contributed by atoms with Crippen LogP contribution < -0.4 is 65.1 Å². The first kappa shape index (κ1) is 59.8. The van der Waals surface area contributed by atoms with Crippen LogP contribution in [0.25, 0.3) is 0 Å². The zero-order chi connectivity index (χ0) is 53.5. The number of nitrogens with zero attached hydrogens (tertiary/aromatic N) is 1. The lowest BCUT2D eigenvalue weighted by molar-refractivity contribution is -0.142. The number of amides is 9. The third-order valence-electron chi connectivity index (χ3n) is 9.99. The van der Waals surface area contributed by atoms with Gasteiger partial charge in [0.1, 0.15) is 48.3 Å². The number of hydrogen-bond donors (Lipinski definition) is 15. The number of aliphatic carboxylic acids is 3. The summed E-state index contributed by atoms with van der Waals surface area (Å²) in [6.45, 7) is 0.390. The van der Waals surface area contributed by atoms with E-state index < -0.39 is 156 Å². The second-order valence-corrected chi connectivity index (χ2v) is 21.0. The highest BCUT2D eigenvalue weighted by atomic mass is 33.1. The van der Waals surface area contributed by atoms with E-state index in [1.807, 2.05) is 0 Å². The Labute approximate surface area is 426 Å². The summed E-state index contributed by atoms with van der Waals surface area (Å²) < 4.78 is 0. The molecule has 18 N–H and O–H groups in total. The van der Waals surface area contributed by atoms with Gasteiger partial charge in [-0.2, -0.15) is 0 Å². The van der Waals surface area contributed by atoms with Crippen molar-refractivity contribution in [3.63, 3.8) is 0 Å². The number of nitrogens with two attached hydrogens (primary N) is 3. The zero-order valence-corrected chi connectivity index (χ0v) is 41.7. The molecule has 0 aromatic heterocycles. The Morgan fingerprint density at radius 3 is 1.71 bits per heavy atom. The molecule has 1 aromatic rings. The highest BCUT2D eigenvalue weighted by Gasteiger charge is 2.36. The molecule has 2 aliphatic heterocycles. The van der Waals surface area contributed by atoms with Crippen molar-refractivity contribution in [2.45, 2.75) is 93.4 Å². The number of carbonyl (C=O) groups excluding carboxylic acids is 9. The maximum Gasteiger partial charge on any atom is 0.327 e. The second kappa shape index (κ2) is 30.4. The number of carbonyl (C=O) groups is 12. The largest absolute Gasteiger partial charge is 0.481 e. The molecule has 0 unspecified atom stereocenters. The molecule has 0 aliphatic carbocycles. The first-order valence-electron chi connectivity index (χ1n) is 21.7. The first-order valence-corrected chi connectivity index (χ1v) is 26.7. The Morgan fingerprint density at radius 1 is 0.653 bits per heavy atom. The highest BCUT2D eigenvalue weighted by Crippen LogP contribution is 2.25. The van der Waals surface area contributed by atoms with E-state index in [9.17, 15) is 72.9 Å². The van der Waals surface area contributed by atoms with Crippen molar-refractivity contribution in [2.24, 2.45) is 22.2 Å². The summed E-state index contributed by atoms with van der Waals surface area (Å²) in [5, 5.41) is 50.9. The molecule has 2 saturated heterocycles. The summed E-state index contributed by atoms with van der Waals surface area (Å²) in [4.78, 5) is 164. The molecular weight excluding hydrogens is 1030 g/mol. The fraction of sp³-hybridized carbons (Fsp3) is 0.525. The minimum absolute atomic E-state index is 0.0320. The van der Waals surface area contributed by atoms with Crippen molar-refractivity contribution < 1.29 is 72.9 Å². The van der Waals surface area contributed by atoms with Crippen LogP contribution in [0.15, 0.2) is 35.3 Å². The Hall–Kier alpha value is -6.51. The van der Waals surface area contributed by atoms with E-state index in [0.29, 0.717) is 5.56 Å². The summed E-state index contributed by atoms with van der Waals surface area (Å²) in [6.07, 6.45) is -2.41. The highest BCUT2D eigenvalue weighted by molar-refractivity contribution is 8.77. The molecular formula is C40H57N13O15S4. The van der Waals surface area contributed by atoms with Crippen molar-refractivity contribution in [3.05, 3.63) is 35.9 Å². The Morgan fingerprint density at radius 2 is 1.17 bits per heavy atom. The number of guanidine groups is 1. The zero-order valence-electron chi connectivity index (χ0n) is 38.4. The van der Waals surface area contributed by atoms with Gasteiger partial charge in [0.2, 0.25) is 53.2 Å². The maximum absolute atomic E-state index is 14.2. The van der Waals surface area contributed by atoms with E-state index in [1.54, 1.807) is 30.3 Å². The topological polar surface area (TPSA) is 464 Å². The van der Waals surface area contributed by atoms with Crippen LogP contribution in [-0.2, 0) is 64.0 Å². The third kappa shape index (κ3) is 21.5. The molecule has 0 saturated carbocycles. The second-order valence-electron chi connectivity index (χ2n) is 15.9. The summed E-state index contributed by atoms with van der Waals surface area (Å²) >= 11 is 0. The molecule has 9 amide bonds. The fourth-order valence-electron chi connectivity index (χ4n) is 6.26. The monoisotopic (exact) mass is 1090 g/mol. The van der Waals surface area contributed by atoms with Crippen molar-refractivity contribution >= 4 is 120 Å². The number of carboxylic acids is 3. The predicted octanol–water partition coefficient (Wildman–Crippen LogP) is -5.55. The van der Waals surface area contributed by atoms with E-state index in [4.69, 9.17) is 17.2 Å². The average molecular weight is 1090 g/mol. The quantitative estimate of drug-likeness (QED) is 0.0379. The van der Waals surface area contributed by atoms with Gasteiger partial charge in [0, 0.05) is 36.0 Å². The molecule has 2 bridgehead atoms. The minimum atomic E-state index is -1.93. The van der Waals surface area contributed by atoms with E-state index >= 15 is 0 Å². The van der Waals surface area contributed by atoms with Gasteiger partial charge in [-0.3, -0.25) is 57.7 Å². The molecule has 9 atom stereocenters. The van der Waals surface area contributed by atoms with Gasteiger partial charge in [0.15, 0.2) is 5.96 Å². The van der Waals surface area contributed by atoms with Gasteiger partial charge >= 0.3 is 17.9 Å². The lowest BCUT2D eigenvalue weighted by Crippen LogP contribution is -2.60. The molecule has 2 fully saturated rings. The van der Waals surface area contributed by atoms with Crippen LogP contribution in [0.1, 0.15) is 38.2 Å². The Bertz CT molecular complexity index is 2190. The van der Waals surface area contributed by atoms with E-state index in [0.717, 1.165) is 43.2 Å². The van der Waals surface area contributed by atoms with Gasteiger partial charge in [0.05, 0.1) is 25.4 Å². The summed E-state index contributed by atoms with van der Waals surface area (Å²) in [5.41, 5.74) is 17.0. The van der Waals surface area contributed by atoms with Crippen LogP contribution in [0.2, 0.25) is 0 Å². The molecule has 396 valence electrons. The van der Waals surface area contributed by atoms with Crippen molar-refractivity contribution in [1.29, 1.82) is 0 Å². The maximum atomic E-state index is 14.2. The molecule has 28 nitrogen and oxygen atoms in total. The van der Waals surface area contributed by atoms with Gasteiger partial charge in [-0.25, -0.2) is 4.79 Å². The first-order chi connectivity index (χ1) is 34.0. The standard InChI is InChI=1S/C40H57N13O15S4/c1-18(41)31(59)50-24-14-71-72-17-27(39(67)68)53-33(61)21(10-19-6-3-2-4-7-19)48-38(66)26-16-70-69-15-25(52-35(63)23(12-30(57)58)49-37(24)65)36(64)47-20(8-5-9-44-40(42)43)32(60)45-13-28(54)46-22(11-29(55)56)34(62)51-26/h2-4,6-7,18,20-27H,5,8-17,41H2,1H3,(H,45,60)(H,46,54)(H,47,64)(H,48,66)(H,49,65)(H,50,59)(H,51,62)(H,52,63)(H,53,61)(H,55,56)(H,57,58)(H,67,68)(H4,42,43,44)/t18-,20-,21-,22-,23-,24-,25-,26-,27-/m0/s1. The van der Waals surface area contributed by atoms with Crippen molar-refractivity contribution in [3.8, 4) is 0 Å². The van der Waals surface area contributed by atoms with Crippen LogP contribution in [0.5, 0.6) is 0 Å². The van der Waals surface area contributed by atoms with E-state index in [1.165, 1.54) is 6.92 Å². The van der Waals surface area contributed by atoms with Gasteiger partial charge in [-0.05, 0) is 25.3 Å².